The fraction of sp³-hybridized carbons (Fsp3) is 0.455. The van der Waals surface area contributed by atoms with Gasteiger partial charge in [0.25, 0.3) is 0 Å². The molecule has 2 rings (SSSR count). The van der Waals surface area contributed by atoms with Crippen LogP contribution in [0.1, 0.15) is 12.0 Å². The van der Waals surface area contributed by atoms with Gasteiger partial charge in [-0.15, -0.1) is 0 Å². The summed E-state index contributed by atoms with van der Waals surface area (Å²) in [6, 6.07) is 3.95. The molecule has 19 heavy (non-hydrogen) atoms. The molecule has 1 aliphatic rings. The molecule has 1 atom stereocenters. The zero-order valence-electron chi connectivity index (χ0n) is 10.5. The molecule has 0 aliphatic carbocycles. The van der Waals surface area contributed by atoms with E-state index in [2.05, 4.69) is 4.72 Å². The van der Waals surface area contributed by atoms with Crippen LogP contribution in [0.5, 0.6) is 0 Å². The standard InChI is InChI=1S/C11H16N2O4S2/c1-8-6-9(12)2-3-11(8)19(16,17)13-10-4-5-18(14,15)7-10/h2-3,6,10,13H,4-5,7,12H2,1H3. The predicted octanol–water partition coefficient (Wildman–Crippen LogP) is 0.0426. The summed E-state index contributed by atoms with van der Waals surface area (Å²) in [5.41, 5.74) is 6.60. The van der Waals surface area contributed by atoms with Crippen LogP contribution in [-0.2, 0) is 19.9 Å². The van der Waals surface area contributed by atoms with E-state index in [-0.39, 0.29) is 16.4 Å². The number of anilines is 1. The van der Waals surface area contributed by atoms with Crippen LogP contribution >= 0.6 is 0 Å². The Kier molecular flexibility index (Phi) is 3.59. The minimum absolute atomic E-state index is 0.0287. The highest BCUT2D eigenvalue weighted by atomic mass is 32.2. The summed E-state index contributed by atoms with van der Waals surface area (Å²) >= 11 is 0. The summed E-state index contributed by atoms with van der Waals surface area (Å²) in [5.74, 6) is -0.110. The normalized spacial score (nSPS) is 22.5. The number of nitrogens with two attached hydrogens (primary N) is 1. The van der Waals surface area contributed by atoms with Gasteiger partial charge in [0.1, 0.15) is 0 Å². The molecule has 0 spiro atoms. The monoisotopic (exact) mass is 304 g/mol. The maximum Gasteiger partial charge on any atom is 0.241 e. The van der Waals surface area contributed by atoms with Crippen molar-refractivity contribution in [1.29, 1.82) is 0 Å². The van der Waals surface area contributed by atoms with Crippen LogP contribution in [0.15, 0.2) is 23.1 Å². The lowest BCUT2D eigenvalue weighted by Crippen LogP contribution is -2.35. The van der Waals surface area contributed by atoms with Gasteiger partial charge in [0, 0.05) is 11.7 Å². The molecule has 0 amide bonds. The molecule has 1 unspecified atom stereocenters. The summed E-state index contributed by atoms with van der Waals surface area (Å²) in [6.07, 6.45) is 0.315. The summed E-state index contributed by atoms with van der Waals surface area (Å²) in [4.78, 5) is 0.131. The number of hydrogen-bond acceptors (Lipinski definition) is 5. The Morgan fingerprint density at radius 3 is 2.58 bits per heavy atom. The van der Waals surface area contributed by atoms with Crippen molar-refractivity contribution >= 4 is 25.5 Å². The van der Waals surface area contributed by atoms with Crippen molar-refractivity contribution in [2.45, 2.75) is 24.3 Å². The predicted molar refractivity (Wildman–Crippen MR) is 73.0 cm³/mol. The highest BCUT2D eigenvalue weighted by Gasteiger charge is 2.31. The number of hydrogen-bond donors (Lipinski definition) is 2. The molecule has 0 aromatic heterocycles. The molecule has 1 saturated heterocycles. The van der Waals surface area contributed by atoms with E-state index in [1.54, 1.807) is 13.0 Å². The zero-order valence-corrected chi connectivity index (χ0v) is 12.1. The van der Waals surface area contributed by atoms with E-state index in [0.717, 1.165) is 0 Å². The van der Waals surface area contributed by atoms with E-state index < -0.39 is 25.9 Å². The van der Waals surface area contributed by atoms with Gasteiger partial charge in [-0.1, -0.05) is 0 Å². The Morgan fingerprint density at radius 2 is 2.05 bits per heavy atom. The number of sulfonamides is 1. The van der Waals surface area contributed by atoms with Crippen molar-refractivity contribution in [3.63, 3.8) is 0 Å². The third-order valence-electron chi connectivity index (χ3n) is 3.04. The van der Waals surface area contributed by atoms with Crippen LogP contribution in [0, 0.1) is 6.92 Å². The molecule has 1 aromatic carbocycles. The molecule has 0 radical (unpaired) electrons. The fourth-order valence-corrected chi connectivity index (χ4v) is 5.42. The number of benzene rings is 1. The van der Waals surface area contributed by atoms with Crippen LogP contribution in [0.25, 0.3) is 0 Å². The van der Waals surface area contributed by atoms with Gasteiger partial charge in [-0.2, -0.15) is 0 Å². The first kappa shape index (κ1) is 14.3. The van der Waals surface area contributed by atoms with E-state index in [1.165, 1.54) is 12.1 Å². The van der Waals surface area contributed by atoms with Crippen LogP contribution in [0.3, 0.4) is 0 Å². The first-order valence-corrected chi connectivity index (χ1v) is 9.09. The van der Waals surface area contributed by atoms with Gasteiger partial charge in [0.2, 0.25) is 10.0 Å². The molecule has 8 heteroatoms. The molecular formula is C11H16N2O4S2. The van der Waals surface area contributed by atoms with Gasteiger partial charge in [-0.25, -0.2) is 21.6 Å². The highest BCUT2D eigenvalue weighted by Crippen LogP contribution is 2.20. The Bertz CT molecular complexity index is 695. The lowest BCUT2D eigenvalue weighted by Gasteiger charge is -2.13. The molecule has 106 valence electrons. The molecule has 0 saturated carbocycles. The van der Waals surface area contributed by atoms with Crippen molar-refractivity contribution in [2.24, 2.45) is 0 Å². The first-order valence-electron chi connectivity index (χ1n) is 5.78. The second-order valence-electron chi connectivity index (χ2n) is 4.75. The third-order valence-corrected chi connectivity index (χ3v) is 6.49. The molecule has 3 N–H and O–H groups in total. The molecule has 1 fully saturated rings. The fourth-order valence-electron chi connectivity index (χ4n) is 2.14. The largest absolute Gasteiger partial charge is 0.399 e. The van der Waals surface area contributed by atoms with Crippen LogP contribution < -0.4 is 10.5 Å². The average Bonchev–Trinajstić information content (AvgIpc) is 2.56. The quantitative estimate of drug-likeness (QED) is 0.767. The van der Waals surface area contributed by atoms with E-state index in [9.17, 15) is 16.8 Å². The van der Waals surface area contributed by atoms with Gasteiger partial charge < -0.3 is 5.73 Å². The lowest BCUT2D eigenvalue weighted by molar-refractivity contribution is 0.562. The topological polar surface area (TPSA) is 106 Å². The van der Waals surface area contributed by atoms with E-state index in [1.807, 2.05) is 0 Å². The van der Waals surface area contributed by atoms with Crippen LogP contribution in [0.4, 0.5) is 5.69 Å². The van der Waals surface area contributed by atoms with Gasteiger partial charge in [0.15, 0.2) is 9.84 Å². The molecule has 0 bridgehead atoms. The number of aryl methyl sites for hydroxylation is 1. The Balaban J connectivity index is 2.24. The zero-order chi connectivity index (χ0) is 14.3. The van der Waals surface area contributed by atoms with Crippen molar-refractivity contribution in [3.8, 4) is 0 Å². The van der Waals surface area contributed by atoms with Crippen molar-refractivity contribution in [3.05, 3.63) is 23.8 Å². The van der Waals surface area contributed by atoms with Gasteiger partial charge >= 0.3 is 0 Å². The van der Waals surface area contributed by atoms with Gasteiger partial charge in [-0.05, 0) is 37.1 Å². The summed E-state index contributed by atoms with van der Waals surface area (Å²) in [5, 5.41) is 0. The van der Waals surface area contributed by atoms with E-state index >= 15 is 0 Å². The number of nitrogen functional groups attached to an aromatic ring is 1. The van der Waals surface area contributed by atoms with Crippen molar-refractivity contribution in [1.82, 2.24) is 4.72 Å². The smallest absolute Gasteiger partial charge is 0.241 e. The van der Waals surface area contributed by atoms with Crippen LogP contribution in [0.2, 0.25) is 0 Å². The first-order chi connectivity index (χ1) is 8.70. The van der Waals surface area contributed by atoms with Gasteiger partial charge in [0.05, 0.1) is 16.4 Å². The van der Waals surface area contributed by atoms with E-state index in [4.69, 9.17) is 5.73 Å². The van der Waals surface area contributed by atoms with Crippen molar-refractivity contribution in [2.75, 3.05) is 17.2 Å². The minimum Gasteiger partial charge on any atom is -0.399 e. The Morgan fingerprint density at radius 1 is 1.37 bits per heavy atom. The summed E-state index contributed by atoms with van der Waals surface area (Å²) < 4.78 is 49.5. The number of rotatable bonds is 3. The average molecular weight is 304 g/mol. The SMILES string of the molecule is Cc1cc(N)ccc1S(=O)(=O)NC1CCS(=O)(=O)C1. The maximum absolute atomic E-state index is 12.2. The molecule has 6 nitrogen and oxygen atoms in total. The van der Waals surface area contributed by atoms with E-state index in [0.29, 0.717) is 17.7 Å². The Labute approximate surface area is 113 Å². The third kappa shape index (κ3) is 3.26. The maximum atomic E-state index is 12.2. The summed E-state index contributed by atoms with van der Waals surface area (Å²) in [7, 11) is -6.83. The molecular weight excluding hydrogens is 288 g/mol. The minimum atomic E-state index is -3.71. The highest BCUT2D eigenvalue weighted by molar-refractivity contribution is 7.92. The second kappa shape index (κ2) is 4.77. The molecule has 1 aromatic rings. The van der Waals surface area contributed by atoms with Crippen molar-refractivity contribution < 1.29 is 16.8 Å². The summed E-state index contributed by atoms with van der Waals surface area (Å²) in [6.45, 7) is 1.65. The van der Waals surface area contributed by atoms with Gasteiger partial charge in [-0.3, -0.25) is 0 Å². The van der Waals surface area contributed by atoms with Crippen LogP contribution in [-0.4, -0.2) is 34.4 Å². The Hall–Kier alpha value is -1.12. The second-order valence-corrected chi connectivity index (χ2v) is 8.66. The number of sulfone groups is 1. The lowest BCUT2D eigenvalue weighted by atomic mass is 10.2. The molecule has 1 heterocycles. The molecule has 1 aliphatic heterocycles. The number of nitrogens with one attached hydrogen (secondary N) is 1.